The molecule has 164 valence electrons. The number of ether oxygens (including phenoxy) is 1. The van der Waals surface area contributed by atoms with Crippen LogP contribution < -0.4 is 16.4 Å². The van der Waals surface area contributed by atoms with Gasteiger partial charge in [-0.15, -0.1) is 11.8 Å². The maximum Gasteiger partial charge on any atom is 0.322 e. The quantitative estimate of drug-likeness (QED) is 0.157. The normalized spacial score (nSPS) is 13.4. The van der Waals surface area contributed by atoms with Gasteiger partial charge in [-0.3, -0.25) is 28.8 Å². The molecule has 13 nitrogen and oxygen atoms in total. The molecular weight excluding hydrogens is 414 g/mol. The van der Waals surface area contributed by atoms with Gasteiger partial charge in [0, 0.05) is 12.2 Å². The zero-order valence-electron chi connectivity index (χ0n) is 15.5. The number of hydrogen-bond acceptors (Lipinski definition) is 9. The second kappa shape index (κ2) is 13.3. The van der Waals surface area contributed by atoms with Crippen molar-refractivity contribution in [1.29, 1.82) is 0 Å². The molecule has 0 saturated heterocycles. The summed E-state index contributed by atoms with van der Waals surface area (Å²) in [5.41, 5.74) is 5.29. The predicted molar refractivity (Wildman–Crippen MR) is 97.9 cm³/mol. The highest BCUT2D eigenvalue weighted by atomic mass is 32.2. The summed E-state index contributed by atoms with van der Waals surface area (Å²) in [6, 6.07) is -2.59. The van der Waals surface area contributed by atoms with Crippen LogP contribution in [0.25, 0.3) is 0 Å². The molecule has 0 saturated carbocycles. The maximum atomic E-state index is 12.1. The van der Waals surface area contributed by atoms with Crippen molar-refractivity contribution in [2.75, 3.05) is 19.4 Å². The molecule has 29 heavy (non-hydrogen) atoms. The summed E-state index contributed by atoms with van der Waals surface area (Å²) in [5, 5.41) is 29.4. The molecule has 0 fully saturated rings. The van der Waals surface area contributed by atoms with E-state index >= 15 is 0 Å². The Hall–Kier alpha value is -2.87. The second-order valence-electron chi connectivity index (χ2n) is 5.66. The average Bonchev–Trinajstić information content (AvgIpc) is 2.64. The number of nitrogens with two attached hydrogens (primary N) is 1. The summed E-state index contributed by atoms with van der Waals surface area (Å²) < 4.78 is 4.50. The van der Waals surface area contributed by atoms with Crippen LogP contribution in [-0.4, -0.2) is 87.8 Å². The smallest absolute Gasteiger partial charge is 0.322 e. The maximum absolute atomic E-state index is 12.1. The lowest BCUT2D eigenvalue weighted by atomic mass is 10.1. The minimum absolute atomic E-state index is 0.207. The second-order valence-corrected chi connectivity index (χ2v) is 6.89. The molecule has 2 amide bonds. The van der Waals surface area contributed by atoms with Crippen molar-refractivity contribution >= 4 is 47.5 Å². The van der Waals surface area contributed by atoms with E-state index in [0.717, 1.165) is 18.9 Å². The van der Waals surface area contributed by atoms with Gasteiger partial charge >= 0.3 is 23.9 Å². The van der Waals surface area contributed by atoms with Gasteiger partial charge in [-0.2, -0.15) is 0 Å². The molecule has 14 heteroatoms. The molecule has 0 aromatic rings. The Labute approximate surface area is 169 Å². The Kier molecular flexibility index (Phi) is 12.0. The van der Waals surface area contributed by atoms with E-state index in [9.17, 15) is 28.8 Å². The third kappa shape index (κ3) is 11.5. The molecule has 0 rings (SSSR count). The number of hydrogen-bond donors (Lipinski definition) is 6. The van der Waals surface area contributed by atoms with Crippen molar-refractivity contribution in [3.63, 3.8) is 0 Å². The topological polar surface area (TPSA) is 222 Å². The molecule has 0 aromatic carbocycles. The minimum Gasteiger partial charge on any atom is -0.481 e. The molecule has 0 aliphatic heterocycles. The first-order chi connectivity index (χ1) is 13.5. The van der Waals surface area contributed by atoms with Crippen molar-refractivity contribution in [2.24, 2.45) is 5.73 Å². The highest BCUT2D eigenvalue weighted by molar-refractivity contribution is 8.00. The van der Waals surface area contributed by atoms with Gasteiger partial charge in [0.25, 0.3) is 0 Å². The number of rotatable bonds is 14. The van der Waals surface area contributed by atoms with Crippen LogP contribution in [0, 0.1) is 0 Å². The molecular formula is C15H23N3O10S. The monoisotopic (exact) mass is 437 g/mol. The SMILES string of the molecule is COC(=O)C(CC(=O)O)SC[C@H](NC(=O)CC[C@H](N)C(=O)O)C(=O)NCC(=O)O. The number of methoxy groups -OCH3 is 1. The van der Waals surface area contributed by atoms with E-state index in [1.165, 1.54) is 0 Å². The molecule has 0 aliphatic rings. The van der Waals surface area contributed by atoms with Gasteiger partial charge < -0.3 is 36.4 Å². The van der Waals surface area contributed by atoms with Gasteiger partial charge in [0.15, 0.2) is 0 Å². The Bertz CT molecular complexity index is 642. The van der Waals surface area contributed by atoms with E-state index in [-0.39, 0.29) is 18.6 Å². The number of aliphatic carboxylic acids is 3. The van der Waals surface area contributed by atoms with Gasteiger partial charge in [-0.05, 0) is 6.42 Å². The minimum atomic E-state index is -1.33. The molecule has 0 aliphatic carbocycles. The third-order valence-corrected chi connectivity index (χ3v) is 4.64. The fourth-order valence-electron chi connectivity index (χ4n) is 1.86. The van der Waals surface area contributed by atoms with E-state index in [1.807, 2.05) is 0 Å². The lowest BCUT2D eigenvalue weighted by molar-refractivity contribution is -0.144. The van der Waals surface area contributed by atoms with Gasteiger partial charge in [0.05, 0.1) is 13.5 Å². The van der Waals surface area contributed by atoms with Crippen LogP contribution >= 0.6 is 11.8 Å². The lowest BCUT2D eigenvalue weighted by Crippen LogP contribution is -2.50. The molecule has 0 heterocycles. The van der Waals surface area contributed by atoms with Gasteiger partial charge in [0.2, 0.25) is 11.8 Å². The van der Waals surface area contributed by atoms with Gasteiger partial charge in [-0.25, -0.2) is 0 Å². The number of nitrogens with one attached hydrogen (secondary N) is 2. The zero-order chi connectivity index (χ0) is 22.6. The lowest BCUT2D eigenvalue weighted by Gasteiger charge is -2.20. The first kappa shape index (κ1) is 26.1. The van der Waals surface area contributed by atoms with Crippen LogP contribution in [0.2, 0.25) is 0 Å². The fourth-order valence-corrected chi connectivity index (χ4v) is 3.01. The summed E-state index contributed by atoms with van der Waals surface area (Å²) in [6.07, 6.45) is -1.12. The number of esters is 1. The van der Waals surface area contributed by atoms with E-state index in [4.69, 9.17) is 21.1 Å². The van der Waals surface area contributed by atoms with Crippen LogP contribution in [0.5, 0.6) is 0 Å². The summed E-state index contributed by atoms with van der Waals surface area (Å²) in [5.74, 6) is -6.65. The summed E-state index contributed by atoms with van der Waals surface area (Å²) >= 11 is 0.727. The number of carboxylic acid groups (broad SMARTS) is 3. The number of amides is 2. The largest absolute Gasteiger partial charge is 0.481 e. The summed E-state index contributed by atoms with van der Waals surface area (Å²) in [7, 11) is 1.06. The molecule has 0 radical (unpaired) electrons. The number of carbonyl (C=O) groups excluding carboxylic acids is 3. The predicted octanol–water partition coefficient (Wildman–Crippen LogP) is -2.39. The van der Waals surface area contributed by atoms with E-state index in [2.05, 4.69) is 15.4 Å². The molecule has 1 unspecified atom stereocenters. The summed E-state index contributed by atoms with van der Waals surface area (Å²) in [6.45, 7) is -0.727. The van der Waals surface area contributed by atoms with Crippen LogP contribution in [0.1, 0.15) is 19.3 Å². The van der Waals surface area contributed by atoms with Crippen molar-refractivity contribution in [2.45, 2.75) is 36.6 Å². The molecule has 7 N–H and O–H groups in total. The highest BCUT2D eigenvalue weighted by Crippen LogP contribution is 2.18. The summed E-state index contributed by atoms with van der Waals surface area (Å²) in [4.78, 5) is 68.0. The van der Waals surface area contributed by atoms with Crippen LogP contribution in [0.3, 0.4) is 0 Å². The molecule has 0 spiro atoms. The van der Waals surface area contributed by atoms with Gasteiger partial charge in [0.1, 0.15) is 23.9 Å². The first-order valence-corrected chi connectivity index (χ1v) is 9.21. The Morgan fingerprint density at radius 1 is 1.07 bits per heavy atom. The van der Waals surface area contributed by atoms with E-state index in [0.29, 0.717) is 0 Å². The highest BCUT2D eigenvalue weighted by Gasteiger charge is 2.28. The number of carbonyl (C=O) groups is 6. The molecule has 0 aromatic heterocycles. The Morgan fingerprint density at radius 2 is 1.69 bits per heavy atom. The zero-order valence-corrected chi connectivity index (χ0v) is 16.3. The molecule has 3 atom stereocenters. The van der Waals surface area contributed by atoms with Crippen LogP contribution in [0.4, 0.5) is 0 Å². The average molecular weight is 437 g/mol. The number of carboxylic acids is 3. The number of thioether (sulfide) groups is 1. The Balaban J connectivity index is 5.07. The molecule has 0 bridgehead atoms. The van der Waals surface area contributed by atoms with Crippen molar-refractivity contribution in [3.8, 4) is 0 Å². The van der Waals surface area contributed by atoms with Crippen LogP contribution in [0.15, 0.2) is 0 Å². The van der Waals surface area contributed by atoms with Gasteiger partial charge in [-0.1, -0.05) is 0 Å². The van der Waals surface area contributed by atoms with E-state index < -0.39 is 66.0 Å². The fraction of sp³-hybridized carbons (Fsp3) is 0.600. The van der Waals surface area contributed by atoms with Crippen molar-refractivity contribution < 1.29 is 48.8 Å². The van der Waals surface area contributed by atoms with Crippen LogP contribution in [-0.2, 0) is 33.5 Å². The standard InChI is InChI=1S/C15H23N3O10S/c1-28-15(27)9(4-11(20)21)29-6-8(13(24)17-5-12(22)23)18-10(19)3-2-7(16)14(25)26/h7-9H,2-6,16H2,1H3,(H,17,24)(H,18,19)(H,20,21)(H,22,23)(H,25,26)/t7-,8-,9?/m0/s1. The Morgan fingerprint density at radius 3 is 2.17 bits per heavy atom. The first-order valence-electron chi connectivity index (χ1n) is 8.16. The third-order valence-electron chi connectivity index (χ3n) is 3.35. The van der Waals surface area contributed by atoms with Crippen molar-refractivity contribution in [1.82, 2.24) is 10.6 Å². The van der Waals surface area contributed by atoms with E-state index in [1.54, 1.807) is 0 Å². The van der Waals surface area contributed by atoms with Crippen molar-refractivity contribution in [3.05, 3.63) is 0 Å².